The fourth-order valence-electron chi connectivity index (χ4n) is 2.59. The maximum absolute atomic E-state index is 12.3. The number of aromatic nitrogens is 2. The van der Waals surface area contributed by atoms with Crippen LogP contribution >= 0.6 is 27.5 Å². The number of nitrogens with one attached hydrogen (secondary N) is 1. The van der Waals surface area contributed by atoms with E-state index in [9.17, 15) is 4.79 Å². The summed E-state index contributed by atoms with van der Waals surface area (Å²) in [7, 11) is 0. The Morgan fingerprint density at radius 1 is 1.45 bits per heavy atom. The standard InChI is InChI=1S/C15H14BrClN4O/c1-2-12-14(22)19-11-7-18-15(17)20-13(11)21(12)8-9-4-3-5-10(16)6-9/h3-7,12H,2,8H2,1H3,(H,19,22). The molecule has 5 nitrogen and oxygen atoms in total. The number of nitrogens with zero attached hydrogens (tertiary/aromatic N) is 3. The largest absolute Gasteiger partial charge is 0.338 e. The van der Waals surface area contributed by atoms with Crippen molar-refractivity contribution >= 4 is 44.9 Å². The molecule has 1 unspecified atom stereocenters. The number of hydrogen-bond donors (Lipinski definition) is 1. The van der Waals surface area contributed by atoms with Crippen LogP contribution < -0.4 is 10.2 Å². The van der Waals surface area contributed by atoms with Gasteiger partial charge in [0.05, 0.1) is 6.20 Å². The van der Waals surface area contributed by atoms with Gasteiger partial charge in [-0.25, -0.2) is 4.98 Å². The first-order valence-electron chi connectivity index (χ1n) is 6.93. The van der Waals surface area contributed by atoms with Crippen LogP contribution in [0.2, 0.25) is 5.28 Å². The molecule has 1 aliphatic heterocycles. The van der Waals surface area contributed by atoms with E-state index in [2.05, 4.69) is 31.2 Å². The van der Waals surface area contributed by atoms with Gasteiger partial charge in [-0.3, -0.25) is 4.79 Å². The van der Waals surface area contributed by atoms with Crippen LogP contribution in [0.4, 0.5) is 11.5 Å². The second-order valence-electron chi connectivity index (χ2n) is 5.05. The number of fused-ring (bicyclic) bond motifs is 1. The van der Waals surface area contributed by atoms with Gasteiger partial charge in [-0.15, -0.1) is 0 Å². The number of halogens is 2. The molecule has 1 aromatic carbocycles. The first-order chi connectivity index (χ1) is 10.6. The smallest absolute Gasteiger partial charge is 0.247 e. The Balaban J connectivity index is 2.02. The minimum Gasteiger partial charge on any atom is -0.338 e. The van der Waals surface area contributed by atoms with E-state index in [0.717, 1.165) is 10.0 Å². The molecular weight excluding hydrogens is 368 g/mol. The van der Waals surface area contributed by atoms with Crippen molar-refractivity contribution in [3.63, 3.8) is 0 Å². The van der Waals surface area contributed by atoms with Gasteiger partial charge in [-0.1, -0.05) is 35.0 Å². The fraction of sp³-hybridized carbons (Fsp3) is 0.267. The molecule has 1 aromatic heterocycles. The first kappa shape index (κ1) is 15.2. The second-order valence-corrected chi connectivity index (χ2v) is 6.30. The van der Waals surface area contributed by atoms with E-state index in [1.165, 1.54) is 0 Å². The summed E-state index contributed by atoms with van der Waals surface area (Å²) in [6.07, 6.45) is 2.23. The molecule has 2 aromatic rings. The number of amides is 1. The highest BCUT2D eigenvalue weighted by Gasteiger charge is 2.33. The Hall–Kier alpha value is -1.66. The van der Waals surface area contributed by atoms with Gasteiger partial charge in [-0.05, 0) is 35.7 Å². The van der Waals surface area contributed by atoms with E-state index in [1.807, 2.05) is 36.1 Å². The van der Waals surface area contributed by atoms with Crippen molar-refractivity contribution in [3.05, 3.63) is 45.8 Å². The van der Waals surface area contributed by atoms with Crippen LogP contribution in [0.5, 0.6) is 0 Å². The number of benzene rings is 1. The van der Waals surface area contributed by atoms with Gasteiger partial charge in [0.15, 0.2) is 5.82 Å². The third kappa shape index (κ3) is 2.94. The number of hydrogen-bond acceptors (Lipinski definition) is 4. The Labute approximate surface area is 141 Å². The van der Waals surface area contributed by atoms with Crippen LogP contribution in [0.1, 0.15) is 18.9 Å². The molecule has 0 fully saturated rings. The van der Waals surface area contributed by atoms with Crippen LogP contribution in [0.25, 0.3) is 0 Å². The molecule has 114 valence electrons. The van der Waals surface area contributed by atoms with Gasteiger partial charge in [-0.2, -0.15) is 4.98 Å². The highest BCUT2D eigenvalue weighted by atomic mass is 79.9. The van der Waals surface area contributed by atoms with Crippen LogP contribution in [0.15, 0.2) is 34.9 Å². The maximum Gasteiger partial charge on any atom is 0.247 e. The van der Waals surface area contributed by atoms with Crippen LogP contribution in [-0.2, 0) is 11.3 Å². The summed E-state index contributed by atoms with van der Waals surface area (Å²) in [6, 6.07) is 7.71. The monoisotopic (exact) mass is 380 g/mol. The Morgan fingerprint density at radius 3 is 3.00 bits per heavy atom. The number of anilines is 2. The quantitative estimate of drug-likeness (QED) is 0.825. The van der Waals surface area contributed by atoms with Crippen molar-refractivity contribution in [2.24, 2.45) is 0 Å². The molecule has 1 atom stereocenters. The summed E-state index contributed by atoms with van der Waals surface area (Å²) in [4.78, 5) is 22.5. The summed E-state index contributed by atoms with van der Waals surface area (Å²) in [5, 5.41) is 3.01. The molecule has 1 amide bonds. The summed E-state index contributed by atoms with van der Waals surface area (Å²) in [5.41, 5.74) is 1.68. The highest BCUT2D eigenvalue weighted by molar-refractivity contribution is 9.10. The lowest BCUT2D eigenvalue weighted by Crippen LogP contribution is -2.47. The fourth-order valence-corrected chi connectivity index (χ4v) is 3.16. The van der Waals surface area contributed by atoms with Crippen LogP contribution in [-0.4, -0.2) is 21.9 Å². The molecule has 0 spiro atoms. The molecule has 7 heteroatoms. The third-order valence-electron chi connectivity index (χ3n) is 3.58. The molecule has 0 bridgehead atoms. The lowest BCUT2D eigenvalue weighted by Gasteiger charge is -2.36. The van der Waals surface area contributed by atoms with Crippen molar-refractivity contribution in [3.8, 4) is 0 Å². The van der Waals surface area contributed by atoms with E-state index < -0.39 is 0 Å². The van der Waals surface area contributed by atoms with Gasteiger partial charge in [0.25, 0.3) is 0 Å². The number of carbonyl (C=O) groups is 1. The lowest BCUT2D eigenvalue weighted by molar-refractivity contribution is -0.117. The van der Waals surface area contributed by atoms with Crippen molar-refractivity contribution < 1.29 is 4.79 Å². The van der Waals surface area contributed by atoms with Gasteiger partial charge in [0.1, 0.15) is 11.7 Å². The van der Waals surface area contributed by atoms with Crippen molar-refractivity contribution in [2.45, 2.75) is 25.9 Å². The highest BCUT2D eigenvalue weighted by Crippen LogP contribution is 2.32. The molecule has 0 saturated carbocycles. The lowest BCUT2D eigenvalue weighted by atomic mass is 10.1. The topological polar surface area (TPSA) is 58.1 Å². The minimum absolute atomic E-state index is 0.0454. The minimum atomic E-state index is -0.280. The molecule has 0 aliphatic carbocycles. The van der Waals surface area contributed by atoms with E-state index in [1.54, 1.807) is 6.20 Å². The molecular formula is C15H14BrClN4O. The Bertz CT molecular complexity index is 724. The zero-order valence-electron chi connectivity index (χ0n) is 11.9. The normalized spacial score (nSPS) is 17.1. The van der Waals surface area contributed by atoms with Crippen molar-refractivity contribution in [1.82, 2.24) is 9.97 Å². The zero-order valence-corrected chi connectivity index (χ0v) is 14.2. The molecule has 0 radical (unpaired) electrons. The number of carbonyl (C=O) groups excluding carboxylic acids is 1. The summed E-state index contributed by atoms with van der Waals surface area (Å²) < 4.78 is 1.00. The van der Waals surface area contributed by atoms with Crippen molar-refractivity contribution in [1.29, 1.82) is 0 Å². The predicted octanol–water partition coefficient (Wildman–Crippen LogP) is 3.63. The molecule has 0 saturated heterocycles. The summed E-state index contributed by atoms with van der Waals surface area (Å²) in [6.45, 7) is 2.55. The van der Waals surface area contributed by atoms with Crippen molar-refractivity contribution in [2.75, 3.05) is 10.2 Å². The molecule has 2 heterocycles. The Morgan fingerprint density at radius 2 is 2.27 bits per heavy atom. The average molecular weight is 382 g/mol. The average Bonchev–Trinajstić information content (AvgIpc) is 2.48. The van der Waals surface area contributed by atoms with Crippen LogP contribution in [0, 0.1) is 0 Å². The second kappa shape index (κ2) is 6.22. The van der Waals surface area contributed by atoms with Gasteiger partial charge < -0.3 is 10.2 Å². The molecule has 22 heavy (non-hydrogen) atoms. The van der Waals surface area contributed by atoms with E-state index in [0.29, 0.717) is 24.5 Å². The summed E-state index contributed by atoms with van der Waals surface area (Å²) >= 11 is 9.40. The molecule has 3 rings (SSSR count). The predicted molar refractivity (Wildman–Crippen MR) is 90.1 cm³/mol. The Kier molecular flexibility index (Phi) is 4.31. The number of rotatable bonds is 3. The third-order valence-corrected chi connectivity index (χ3v) is 4.25. The molecule has 1 aliphatic rings. The maximum atomic E-state index is 12.3. The molecule has 1 N–H and O–H groups in total. The zero-order chi connectivity index (χ0) is 15.7. The SMILES string of the molecule is CCC1C(=O)Nc2cnc(Cl)nc2N1Cc1cccc(Br)c1. The summed E-state index contributed by atoms with van der Waals surface area (Å²) in [5.74, 6) is 0.613. The van der Waals surface area contributed by atoms with E-state index >= 15 is 0 Å². The van der Waals surface area contributed by atoms with Gasteiger partial charge in [0.2, 0.25) is 11.2 Å². The van der Waals surface area contributed by atoms with E-state index in [-0.39, 0.29) is 17.2 Å². The van der Waals surface area contributed by atoms with Gasteiger partial charge in [0, 0.05) is 11.0 Å². The van der Waals surface area contributed by atoms with E-state index in [4.69, 9.17) is 11.6 Å². The van der Waals surface area contributed by atoms with Gasteiger partial charge >= 0.3 is 0 Å². The van der Waals surface area contributed by atoms with Crippen LogP contribution in [0.3, 0.4) is 0 Å². The first-order valence-corrected chi connectivity index (χ1v) is 8.10.